The smallest absolute Gasteiger partial charge is 0.328 e. The summed E-state index contributed by atoms with van der Waals surface area (Å²) in [6, 6.07) is 3.04. The number of aliphatic hydroxyl groups is 1. The molecule has 0 saturated heterocycles. The molecular weight excluding hydrogens is 307 g/mol. The Kier molecular flexibility index (Phi) is 6.57. The van der Waals surface area contributed by atoms with Crippen LogP contribution in [0.1, 0.15) is 5.56 Å². The highest BCUT2D eigenvalue weighted by Crippen LogP contribution is 2.20. The Labute approximate surface area is 125 Å². The highest BCUT2D eigenvalue weighted by Gasteiger charge is 2.18. The van der Waals surface area contributed by atoms with Gasteiger partial charge in [-0.2, -0.15) is 0 Å². The zero-order chi connectivity index (χ0) is 15.1. The molecule has 6 nitrogen and oxygen atoms in total. The van der Waals surface area contributed by atoms with E-state index in [0.717, 1.165) is 5.56 Å². The minimum Gasteiger partial charge on any atom is -0.480 e. The number of carboxylic acid groups (broad SMARTS) is 1. The standard InChI is InChI=1S/C12H14Cl2N2O4/c13-8-2-1-7(9(14)5-8)3-4-15-12(20)16-10(6-17)11(18)19/h1-2,5,10,17H,3-4,6H2,(H,18,19)(H2,15,16,20)/t10-/m0/s1. The van der Waals surface area contributed by atoms with Gasteiger partial charge < -0.3 is 20.8 Å². The maximum Gasteiger partial charge on any atom is 0.328 e. The summed E-state index contributed by atoms with van der Waals surface area (Å²) in [4.78, 5) is 22.0. The molecule has 0 aliphatic rings. The monoisotopic (exact) mass is 320 g/mol. The van der Waals surface area contributed by atoms with Gasteiger partial charge in [-0.15, -0.1) is 0 Å². The van der Waals surface area contributed by atoms with Crippen molar-refractivity contribution in [2.24, 2.45) is 0 Å². The van der Waals surface area contributed by atoms with Crippen molar-refractivity contribution >= 4 is 35.2 Å². The highest BCUT2D eigenvalue weighted by molar-refractivity contribution is 6.35. The van der Waals surface area contributed by atoms with Crippen molar-refractivity contribution in [2.75, 3.05) is 13.2 Å². The minimum atomic E-state index is -1.32. The number of hydrogen-bond donors (Lipinski definition) is 4. The molecule has 8 heteroatoms. The maximum atomic E-state index is 11.4. The van der Waals surface area contributed by atoms with Crippen molar-refractivity contribution in [3.8, 4) is 0 Å². The van der Waals surface area contributed by atoms with Crippen molar-refractivity contribution in [3.63, 3.8) is 0 Å². The first-order valence-corrected chi connectivity index (χ1v) is 6.51. The Hall–Kier alpha value is -1.50. The van der Waals surface area contributed by atoms with E-state index in [9.17, 15) is 9.59 Å². The van der Waals surface area contributed by atoms with Crippen LogP contribution < -0.4 is 10.6 Å². The van der Waals surface area contributed by atoms with E-state index < -0.39 is 24.6 Å². The fraction of sp³-hybridized carbons (Fsp3) is 0.333. The number of amides is 2. The van der Waals surface area contributed by atoms with Gasteiger partial charge in [-0.1, -0.05) is 29.3 Å². The second kappa shape index (κ2) is 7.94. The number of rotatable bonds is 6. The number of aliphatic carboxylic acids is 1. The summed E-state index contributed by atoms with van der Waals surface area (Å²) in [5.74, 6) is -1.30. The van der Waals surface area contributed by atoms with Crippen LogP contribution in [0.25, 0.3) is 0 Å². The summed E-state index contributed by atoms with van der Waals surface area (Å²) in [5, 5.41) is 23.0. The summed E-state index contributed by atoms with van der Waals surface area (Å²) in [5.41, 5.74) is 0.813. The Morgan fingerprint density at radius 1 is 1.30 bits per heavy atom. The average molecular weight is 321 g/mol. The Morgan fingerprint density at radius 3 is 2.55 bits per heavy atom. The van der Waals surface area contributed by atoms with E-state index in [1.807, 2.05) is 0 Å². The summed E-state index contributed by atoms with van der Waals surface area (Å²) in [6.07, 6.45) is 0.473. The van der Waals surface area contributed by atoms with Gasteiger partial charge in [0.2, 0.25) is 0 Å². The van der Waals surface area contributed by atoms with E-state index in [1.54, 1.807) is 18.2 Å². The van der Waals surface area contributed by atoms with Crippen molar-refractivity contribution in [2.45, 2.75) is 12.5 Å². The SMILES string of the molecule is O=C(NCCc1ccc(Cl)cc1Cl)N[C@@H](CO)C(=O)O. The number of halogens is 2. The summed E-state index contributed by atoms with van der Waals surface area (Å²) in [7, 11) is 0. The summed E-state index contributed by atoms with van der Waals surface area (Å²) < 4.78 is 0. The van der Waals surface area contributed by atoms with Gasteiger partial charge in [0.05, 0.1) is 6.61 Å². The molecule has 0 aromatic heterocycles. The molecule has 1 aromatic rings. The van der Waals surface area contributed by atoms with Crippen molar-refractivity contribution in [1.82, 2.24) is 10.6 Å². The van der Waals surface area contributed by atoms with Crippen LogP contribution in [-0.2, 0) is 11.2 Å². The van der Waals surface area contributed by atoms with Crippen LogP contribution in [0.15, 0.2) is 18.2 Å². The van der Waals surface area contributed by atoms with Crippen molar-refractivity contribution in [3.05, 3.63) is 33.8 Å². The predicted molar refractivity (Wildman–Crippen MR) is 75.2 cm³/mol. The van der Waals surface area contributed by atoms with Gasteiger partial charge in [-0.3, -0.25) is 0 Å². The lowest BCUT2D eigenvalue weighted by molar-refractivity contribution is -0.140. The second-order valence-corrected chi connectivity index (χ2v) is 4.80. The van der Waals surface area contributed by atoms with E-state index >= 15 is 0 Å². The van der Waals surface area contributed by atoms with E-state index in [0.29, 0.717) is 16.5 Å². The van der Waals surface area contributed by atoms with Crippen LogP contribution in [0.4, 0.5) is 4.79 Å². The number of nitrogens with one attached hydrogen (secondary N) is 2. The number of carbonyl (C=O) groups excluding carboxylic acids is 1. The second-order valence-electron chi connectivity index (χ2n) is 3.96. The predicted octanol–water partition coefficient (Wildman–Crippen LogP) is 1.28. The number of aliphatic hydroxyl groups excluding tert-OH is 1. The molecule has 0 bridgehead atoms. The Bertz CT molecular complexity index is 496. The van der Waals surface area contributed by atoms with Crippen molar-refractivity contribution < 1.29 is 19.8 Å². The first-order chi connectivity index (χ1) is 9.43. The molecule has 0 aliphatic heterocycles. The number of urea groups is 1. The highest BCUT2D eigenvalue weighted by atomic mass is 35.5. The molecule has 1 rings (SSSR count). The van der Waals surface area contributed by atoms with E-state index in [2.05, 4.69) is 10.6 Å². The minimum absolute atomic E-state index is 0.269. The third-order valence-electron chi connectivity index (χ3n) is 2.48. The molecule has 2 amide bonds. The van der Waals surface area contributed by atoms with Gasteiger partial charge in [-0.25, -0.2) is 9.59 Å². The van der Waals surface area contributed by atoms with E-state index in [1.165, 1.54) is 0 Å². The van der Waals surface area contributed by atoms with Gasteiger partial charge in [0.25, 0.3) is 0 Å². The van der Waals surface area contributed by atoms with E-state index in [-0.39, 0.29) is 6.54 Å². The lowest BCUT2D eigenvalue weighted by atomic mass is 10.1. The van der Waals surface area contributed by atoms with Crippen LogP contribution in [0.5, 0.6) is 0 Å². The van der Waals surface area contributed by atoms with Gasteiger partial charge in [0.15, 0.2) is 6.04 Å². The number of benzene rings is 1. The summed E-state index contributed by atoms with van der Waals surface area (Å²) in [6.45, 7) is -0.406. The largest absolute Gasteiger partial charge is 0.480 e. The summed E-state index contributed by atoms with van der Waals surface area (Å²) >= 11 is 11.7. The average Bonchev–Trinajstić information content (AvgIpc) is 2.38. The quantitative estimate of drug-likeness (QED) is 0.634. The molecule has 0 aliphatic carbocycles. The molecule has 110 valence electrons. The first-order valence-electron chi connectivity index (χ1n) is 5.76. The molecule has 1 atom stereocenters. The lowest BCUT2D eigenvalue weighted by Crippen LogP contribution is -2.48. The molecule has 4 N–H and O–H groups in total. The normalized spacial score (nSPS) is 11.8. The molecular formula is C12H14Cl2N2O4. The first kappa shape index (κ1) is 16.6. The number of hydrogen-bond acceptors (Lipinski definition) is 3. The maximum absolute atomic E-state index is 11.4. The van der Waals surface area contributed by atoms with Gasteiger partial charge in [0, 0.05) is 16.6 Å². The Balaban J connectivity index is 2.40. The van der Waals surface area contributed by atoms with Crippen LogP contribution in [-0.4, -0.2) is 41.4 Å². The molecule has 0 unspecified atom stereocenters. The van der Waals surface area contributed by atoms with Crippen LogP contribution in [0, 0.1) is 0 Å². The lowest BCUT2D eigenvalue weighted by Gasteiger charge is -2.12. The van der Waals surface area contributed by atoms with E-state index in [4.69, 9.17) is 33.4 Å². The third kappa shape index (κ3) is 5.24. The zero-order valence-corrected chi connectivity index (χ0v) is 11.9. The van der Waals surface area contributed by atoms with Gasteiger partial charge in [-0.05, 0) is 24.1 Å². The third-order valence-corrected chi connectivity index (χ3v) is 3.07. The van der Waals surface area contributed by atoms with Crippen LogP contribution in [0.2, 0.25) is 10.0 Å². The molecule has 0 spiro atoms. The molecule has 1 aromatic carbocycles. The fourth-order valence-electron chi connectivity index (χ4n) is 1.43. The van der Waals surface area contributed by atoms with Crippen LogP contribution >= 0.6 is 23.2 Å². The molecule has 0 fully saturated rings. The zero-order valence-electron chi connectivity index (χ0n) is 10.4. The topological polar surface area (TPSA) is 98.7 Å². The molecule has 0 saturated carbocycles. The fourth-order valence-corrected chi connectivity index (χ4v) is 1.93. The van der Waals surface area contributed by atoms with Gasteiger partial charge >= 0.3 is 12.0 Å². The van der Waals surface area contributed by atoms with Crippen LogP contribution in [0.3, 0.4) is 0 Å². The molecule has 0 heterocycles. The Morgan fingerprint density at radius 2 is 2.00 bits per heavy atom. The van der Waals surface area contributed by atoms with Gasteiger partial charge in [0.1, 0.15) is 0 Å². The molecule has 0 radical (unpaired) electrons. The van der Waals surface area contributed by atoms with Crippen molar-refractivity contribution in [1.29, 1.82) is 0 Å². The number of carboxylic acids is 1. The number of carbonyl (C=O) groups is 2. The molecule has 20 heavy (non-hydrogen) atoms.